The summed E-state index contributed by atoms with van der Waals surface area (Å²) in [5.74, 6) is 5.57. The fourth-order valence-corrected chi connectivity index (χ4v) is 8.67. The molecule has 0 amide bonds. The third-order valence-electron chi connectivity index (χ3n) is 11.3. The summed E-state index contributed by atoms with van der Waals surface area (Å²) in [6, 6.07) is 0. The zero-order valence-electron chi connectivity index (χ0n) is 23.8. The van der Waals surface area contributed by atoms with Crippen molar-refractivity contribution in [3.05, 3.63) is 0 Å². The van der Waals surface area contributed by atoms with E-state index >= 15 is 0 Å². The Morgan fingerprint density at radius 3 is 1.14 bits per heavy atom. The number of hydrogen-bond acceptors (Lipinski definition) is 4. The minimum Gasteiger partial charge on any atom is -0.460 e. The lowest BCUT2D eigenvalue weighted by Crippen LogP contribution is -2.26. The van der Waals surface area contributed by atoms with E-state index in [4.69, 9.17) is 9.84 Å². The molecule has 0 aromatic rings. The molecule has 0 atom stereocenters. The number of Topliss-reactive ketones (excluding diaryl/α,β-unsaturated/α-hetero) is 1. The number of ketones is 1. The highest BCUT2D eigenvalue weighted by Crippen LogP contribution is 2.43. The summed E-state index contributed by atoms with van der Waals surface area (Å²) >= 11 is 0. The maximum Gasteiger partial charge on any atom is 0.377 e. The van der Waals surface area contributed by atoms with Crippen LogP contribution in [0.1, 0.15) is 135 Å². The summed E-state index contributed by atoms with van der Waals surface area (Å²) in [6.45, 7) is 1.96. The van der Waals surface area contributed by atoms with Crippen molar-refractivity contribution in [3.8, 4) is 0 Å². The smallest absolute Gasteiger partial charge is 0.377 e. The van der Waals surface area contributed by atoms with Crippen molar-refractivity contribution in [1.82, 2.24) is 0 Å². The van der Waals surface area contributed by atoms with Crippen LogP contribution in [0.15, 0.2) is 0 Å². The van der Waals surface area contributed by atoms with Crippen LogP contribution in [0.3, 0.4) is 0 Å². The highest BCUT2D eigenvalue weighted by molar-refractivity contribution is 6.34. The molecule has 0 radical (unpaired) electrons. The lowest BCUT2D eigenvalue weighted by molar-refractivity contribution is -0.156. The number of carbonyl (C=O) groups is 2. The van der Waals surface area contributed by atoms with Crippen LogP contribution in [0.2, 0.25) is 0 Å². The number of aliphatic hydroxyl groups is 1. The maximum atomic E-state index is 11.5. The van der Waals surface area contributed by atoms with Gasteiger partial charge in [-0.15, -0.1) is 0 Å². The number of hydrogen-bond donors (Lipinski definition) is 1. The molecule has 4 heteroatoms. The first-order valence-corrected chi connectivity index (χ1v) is 16.3. The number of esters is 1. The lowest BCUT2D eigenvalue weighted by atomic mass is 9.69. The van der Waals surface area contributed by atoms with Gasteiger partial charge in [0.2, 0.25) is 0 Å². The zero-order chi connectivity index (χ0) is 26.0. The van der Waals surface area contributed by atoms with E-state index in [9.17, 15) is 9.59 Å². The van der Waals surface area contributed by atoms with E-state index < -0.39 is 18.4 Å². The van der Waals surface area contributed by atoms with Crippen molar-refractivity contribution in [2.75, 3.05) is 13.2 Å². The molecular formula is C33H56O4. The monoisotopic (exact) mass is 516 g/mol. The van der Waals surface area contributed by atoms with Crippen molar-refractivity contribution in [2.24, 2.45) is 47.3 Å². The van der Waals surface area contributed by atoms with Gasteiger partial charge in [-0.1, -0.05) is 103 Å². The summed E-state index contributed by atoms with van der Waals surface area (Å²) in [5, 5.41) is 8.75. The molecule has 212 valence electrons. The fourth-order valence-electron chi connectivity index (χ4n) is 8.67. The van der Waals surface area contributed by atoms with Crippen molar-refractivity contribution in [3.63, 3.8) is 0 Å². The van der Waals surface area contributed by atoms with Gasteiger partial charge in [0.05, 0.1) is 6.61 Å². The third-order valence-corrected chi connectivity index (χ3v) is 11.3. The van der Waals surface area contributed by atoms with Gasteiger partial charge in [0.25, 0.3) is 5.78 Å². The molecule has 0 aromatic heterocycles. The molecule has 0 unspecified atom stereocenters. The Kier molecular flexibility index (Phi) is 11.8. The van der Waals surface area contributed by atoms with E-state index in [1.54, 1.807) is 6.42 Å². The van der Waals surface area contributed by atoms with Gasteiger partial charge in [-0.05, 0) is 79.4 Å². The Labute approximate surface area is 227 Å². The third kappa shape index (κ3) is 9.36. The molecule has 4 aliphatic rings. The molecule has 0 aliphatic heterocycles. The fraction of sp³-hybridized carbons (Fsp3) is 0.939. The second-order valence-electron chi connectivity index (χ2n) is 13.8. The molecule has 4 saturated carbocycles. The minimum absolute atomic E-state index is 0.338. The number of ether oxygens (including phenoxy) is 1. The molecule has 0 bridgehead atoms. The van der Waals surface area contributed by atoms with Gasteiger partial charge in [0, 0.05) is 0 Å². The van der Waals surface area contributed by atoms with Crippen LogP contribution in [0.25, 0.3) is 0 Å². The van der Waals surface area contributed by atoms with Crippen LogP contribution in [-0.4, -0.2) is 30.1 Å². The topological polar surface area (TPSA) is 63.6 Å². The van der Waals surface area contributed by atoms with E-state index in [2.05, 4.69) is 6.92 Å². The van der Waals surface area contributed by atoms with Gasteiger partial charge in [0.1, 0.15) is 6.61 Å². The second-order valence-corrected chi connectivity index (χ2v) is 13.8. The molecule has 0 heterocycles. The lowest BCUT2D eigenvalue weighted by Gasteiger charge is -2.37. The first kappa shape index (κ1) is 29.1. The molecule has 1 N–H and O–H groups in total. The number of carbonyl (C=O) groups excluding carboxylic acids is 2. The Balaban J connectivity index is 1.04. The summed E-state index contributed by atoms with van der Waals surface area (Å²) in [6.07, 6.45) is 28.5. The highest BCUT2D eigenvalue weighted by atomic mass is 16.5. The molecule has 0 spiro atoms. The first-order valence-electron chi connectivity index (χ1n) is 16.3. The van der Waals surface area contributed by atoms with E-state index in [0.717, 1.165) is 54.3 Å². The largest absolute Gasteiger partial charge is 0.460 e. The minimum atomic E-state index is -0.876. The average molecular weight is 517 g/mol. The molecular weight excluding hydrogens is 460 g/mol. The zero-order valence-corrected chi connectivity index (χ0v) is 23.8. The predicted octanol–water partition coefficient (Wildman–Crippen LogP) is 7.90. The highest BCUT2D eigenvalue weighted by Gasteiger charge is 2.31. The average Bonchev–Trinajstić information content (AvgIpc) is 2.94. The van der Waals surface area contributed by atoms with E-state index in [0.29, 0.717) is 12.5 Å². The number of aliphatic hydroxyl groups excluding tert-OH is 1. The van der Waals surface area contributed by atoms with E-state index in [-0.39, 0.29) is 0 Å². The second kappa shape index (κ2) is 15.0. The normalized spacial score (nSPS) is 37.1. The Hall–Kier alpha value is -0.900. The van der Waals surface area contributed by atoms with Gasteiger partial charge in [0.15, 0.2) is 0 Å². The van der Waals surface area contributed by atoms with E-state index in [1.165, 1.54) is 109 Å². The van der Waals surface area contributed by atoms with Crippen molar-refractivity contribution >= 4 is 11.8 Å². The Morgan fingerprint density at radius 1 is 0.541 bits per heavy atom. The Bertz CT molecular complexity index is 672. The van der Waals surface area contributed by atoms with Crippen molar-refractivity contribution in [2.45, 2.75) is 135 Å². The van der Waals surface area contributed by atoms with Gasteiger partial charge in [-0.3, -0.25) is 4.79 Å². The molecule has 4 aliphatic carbocycles. The van der Waals surface area contributed by atoms with Crippen molar-refractivity contribution < 1.29 is 19.4 Å². The molecule has 4 rings (SSSR count). The summed E-state index contributed by atoms with van der Waals surface area (Å²) in [5.41, 5.74) is 0. The van der Waals surface area contributed by atoms with Crippen LogP contribution < -0.4 is 0 Å². The summed E-state index contributed by atoms with van der Waals surface area (Å²) in [4.78, 5) is 22.6. The van der Waals surface area contributed by atoms with Crippen LogP contribution in [-0.2, 0) is 14.3 Å². The first-order chi connectivity index (χ1) is 18.0. The van der Waals surface area contributed by atoms with Crippen LogP contribution in [0.5, 0.6) is 0 Å². The van der Waals surface area contributed by atoms with Crippen LogP contribution >= 0.6 is 0 Å². The van der Waals surface area contributed by atoms with Gasteiger partial charge in [-0.25, -0.2) is 4.79 Å². The maximum absolute atomic E-state index is 11.5. The molecule has 0 saturated heterocycles. The summed E-state index contributed by atoms with van der Waals surface area (Å²) < 4.78 is 5.09. The quantitative estimate of drug-likeness (QED) is 0.224. The Morgan fingerprint density at radius 2 is 0.838 bits per heavy atom. The SMILES string of the molecule is CCC1CCC(CC2CCC(CC3CCC(CC4CCC(COC(=O)C(=O)CO)CC4)CC3)CC2)CC1. The van der Waals surface area contributed by atoms with Crippen LogP contribution in [0, 0.1) is 47.3 Å². The predicted molar refractivity (Wildman–Crippen MR) is 149 cm³/mol. The standard InChI is InChI=1S/C33H56O4/c1-2-24-3-5-25(6-4-24)19-26-7-9-27(10-8-26)20-28-11-13-29(14-12-28)21-30-15-17-31(18-16-30)23-37-33(36)32(35)22-34/h24-31,34H,2-23H2,1H3. The van der Waals surface area contributed by atoms with Gasteiger partial charge in [-0.2, -0.15) is 0 Å². The van der Waals surface area contributed by atoms with E-state index in [1.807, 2.05) is 0 Å². The van der Waals surface area contributed by atoms with Crippen molar-refractivity contribution in [1.29, 1.82) is 0 Å². The molecule has 37 heavy (non-hydrogen) atoms. The molecule has 0 aromatic carbocycles. The molecule has 4 fully saturated rings. The van der Waals surface area contributed by atoms with Gasteiger partial charge >= 0.3 is 5.97 Å². The summed E-state index contributed by atoms with van der Waals surface area (Å²) in [7, 11) is 0. The van der Waals surface area contributed by atoms with Crippen LogP contribution in [0.4, 0.5) is 0 Å². The number of rotatable bonds is 11. The molecule has 4 nitrogen and oxygen atoms in total. The van der Waals surface area contributed by atoms with Gasteiger partial charge < -0.3 is 9.84 Å².